The minimum Gasteiger partial charge on any atom is -0.449 e. The average molecular weight is 399 g/mol. The van der Waals surface area contributed by atoms with Crippen molar-refractivity contribution in [2.75, 3.05) is 6.54 Å². The Bertz CT molecular complexity index is 1090. The van der Waals surface area contributed by atoms with Crippen molar-refractivity contribution in [3.05, 3.63) is 68.9 Å². The molecule has 7 heteroatoms. The molecule has 0 aliphatic heterocycles. The number of pyridine rings is 1. The summed E-state index contributed by atoms with van der Waals surface area (Å²) in [7, 11) is 0. The second kappa shape index (κ2) is 6.78. The van der Waals surface area contributed by atoms with E-state index in [4.69, 9.17) is 4.42 Å². The molecule has 126 valence electrons. The third kappa shape index (κ3) is 3.33. The van der Waals surface area contributed by atoms with E-state index in [2.05, 4.69) is 36.2 Å². The highest BCUT2D eigenvalue weighted by molar-refractivity contribution is 9.10. The van der Waals surface area contributed by atoms with Gasteiger partial charge in [-0.2, -0.15) is 0 Å². The molecule has 0 spiro atoms. The topological polar surface area (TPSA) is 83.8 Å². The van der Waals surface area contributed by atoms with Gasteiger partial charge in [0.1, 0.15) is 16.9 Å². The van der Waals surface area contributed by atoms with E-state index in [0.29, 0.717) is 23.5 Å². The summed E-state index contributed by atoms with van der Waals surface area (Å²) >= 11 is 3.44. The van der Waals surface area contributed by atoms with Crippen LogP contribution in [0.5, 0.6) is 0 Å². The molecular formula is C18H15BrN4O2. The number of nitrogens with zero attached hydrogens (tertiary/aromatic N) is 2. The van der Waals surface area contributed by atoms with Gasteiger partial charge < -0.3 is 14.7 Å². The van der Waals surface area contributed by atoms with Crippen molar-refractivity contribution in [1.29, 1.82) is 0 Å². The predicted molar refractivity (Wildman–Crippen MR) is 99.5 cm³/mol. The molecule has 2 N–H and O–H groups in total. The summed E-state index contributed by atoms with van der Waals surface area (Å²) in [6, 6.07) is 9.59. The number of H-pyrrole nitrogens is 1. The zero-order valence-corrected chi connectivity index (χ0v) is 14.8. The first-order valence-corrected chi connectivity index (χ1v) is 8.70. The summed E-state index contributed by atoms with van der Waals surface area (Å²) in [5.74, 6) is 0.593. The van der Waals surface area contributed by atoms with Gasteiger partial charge in [-0.05, 0) is 48.9 Å². The third-order valence-corrected chi connectivity index (χ3v) is 4.46. The summed E-state index contributed by atoms with van der Waals surface area (Å²) in [5, 5.41) is 4.13. The van der Waals surface area contributed by atoms with Gasteiger partial charge in [-0.1, -0.05) is 15.9 Å². The molecule has 0 aliphatic rings. The van der Waals surface area contributed by atoms with Crippen molar-refractivity contribution in [2.45, 2.75) is 13.0 Å². The number of halogens is 1. The molecule has 0 saturated heterocycles. The first kappa shape index (κ1) is 16.0. The molecule has 4 rings (SSSR count). The van der Waals surface area contributed by atoms with Crippen LogP contribution in [0.2, 0.25) is 0 Å². The van der Waals surface area contributed by atoms with Gasteiger partial charge >= 0.3 is 0 Å². The van der Waals surface area contributed by atoms with Gasteiger partial charge in [0.25, 0.3) is 5.56 Å². The summed E-state index contributed by atoms with van der Waals surface area (Å²) in [6.45, 7) is 1.26. The van der Waals surface area contributed by atoms with Gasteiger partial charge in [0.15, 0.2) is 0 Å². The maximum absolute atomic E-state index is 12.3. The number of benzene rings is 1. The van der Waals surface area contributed by atoms with Crippen LogP contribution in [0.15, 0.2) is 56.4 Å². The predicted octanol–water partition coefficient (Wildman–Crippen LogP) is 3.16. The summed E-state index contributed by atoms with van der Waals surface area (Å²) < 4.78 is 6.54. The first-order chi connectivity index (χ1) is 12.2. The Morgan fingerprint density at radius 2 is 2.04 bits per heavy atom. The molecule has 25 heavy (non-hydrogen) atoms. The smallest absolute Gasteiger partial charge is 0.294 e. The number of aromatic amines is 1. The number of rotatable bonds is 5. The van der Waals surface area contributed by atoms with Crippen LogP contribution in [-0.4, -0.2) is 21.5 Å². The second-order valence-corrected chi connectivity index (χ2v) is 6.63. The fourth-order valence-corrected chi connectivity index (χ4v) is 3.11. The minimum atomic E-state index is -0.261. The Balaban J connectivity index is 1.55. The molecule has 0 saturated carbocycles. The normalized spacial score (nSPS) is 11.4. The van der Waals surface area contributed by atoms with Crippen LogP contribution in [0.25, 0.3) is 22.1 Å². The Morgan fingerprint density at radius 1 is 1.20 bits per heavy atom. The van der Waals surface area contributed by atoms with Crippen molar-refractivity contribution >= 4 is 38.0 Å². The maximum Gasteiger partial charge on any atom is 0.294 e. The lowest BCUT2D eigenvalue weighted by atomic mass is 10.2. The van der Waals surface area contributed by atoms with Gasteiger partial charge in [-0.25, -0.2) is 4.98 Å². The molecule has 3 heterocycles. The molecule has 0 atom stereocenters. The van der Waals surface area contributed by atoms with Gasteiger partial charge in [-0.15, -0.1) is 0 Å². The number of hydrogen-bond donors (Lipinski definition) is 2. The molecule has 6 nitrogen and oxygen atoms in total. The summed E-state index contributed by atoms with van der Waals surface area (Å²) in [6.07, 6.45) is 4.45. The van der Waals surface area contributed by atoms with Crippen molar-refractivity contribution in [3.8, 4) is 0 Å². The number of fused-ring (bicyclic) bond motifs is 3. The Kier molecular flexibility index (Phi) is 4.33. The van der Waals surface area contributed by atoms with Crippen molar-refractivity contribution in [3.63, 3.8) is 0 Å². The quantitative estimate of drug-likeness (QED) is 0.504. The van der Waals surface area contributed by atoms with Gasteiger partial charge in [0.2, 0.25) is 5.58 Å². The molecule has 0 bridgehead atoms. The summed E-state index contributed by atoms with van der Waals surface area (Å²) in [5.41, 5.74) is 2.45. The first-order valence-electron chi connectivity index (χ1n) is 7.91. The van der Waals surface area contributed by atoms with Crippen LogP contribution in [0.1, 0.15) is 11.4 Å². The van der Waals surface area contributed by atoms with Gasteiger partial charge in [-0.3, -0.25) is 9.78 Å². The lowest BCUT2D eigenvalue weighted by Gasteiger charge is -2.04. The van der Waals surface area contributed by atoms with Gasteiger partial charge in [0.05, 0.1) is 6.54 Å². The van der Waals surface area contributed by atoms with E-state index in [0.717, 1.165) is 22.8 Å². The Hall–Kier alpha value is -2.51. The van der Waals surface area contributed by atoms with E-state index >= 15 is 0 Å². The zero-order valence-electron chi connectivity index (χ0n) is 13.3. The van der Waals surface area contributed by atoms with Crippen LogP contribution in [-0.2, 0) is 13.0 Å². The fourth-order valence-electron chi connectivity index (χ4n) is 2.75. The molecule has 1 aromatic carbocycles. The Morgan fingerprint density at radius 3 is 2.88 bits per heavy atom. The van der Waals surface area contributed by atoms with Crippen molar-refractivity contribution in [1.82, 2.24) is 20.3 Å². The number of aromatic nitrogens is 3. The largest absolute Gasteiger partial charge is 0.449 e. The van der Waals surface area contributed by atoms with Crippen LogP contribution < -0.4 is 10.9 Å². The van der Waals surface area contributed by atoms with E-state index < -0.39 is 0 Å². The highest BCUT2D eigenvalue weighted by Crippen LogP contribution is 2.27. The fraction of sp³-hybridized carbons (Fsp3) is 0.167. The maximum atomic E-state index is 12.3. The summed E-state index contributed by atoms with van der Waals surface area (Å²) in [4.78, 5) is 23.6. The van der Waals surface area contributed by atoms with E-state index in [1.54, 1.807) is 12.4 Å². The van der Waals surface area contributed by atoms with Crippen LogP contribution in [0.4, 0.5) is 0 Å². The molecule has 0 amide bonds. The molecular weight excluding hydrogens is 384 g/mol. The molecule has 0 radical (unpaired) electrons. The van der Waals surface area contributed by atoms with E-state index in [1.165, 1.54) is 5.56 Å². The monoisotopic (exact) mass is 398 g/mol. The molecule has 4 aromatic rings. The van der Waals surface area contributed by atoms with Crippen molar-refractivity contribution in [2.24, 2.45) is 0 Å². The lowest BCUT2D eigenvalue weighted by Crippen LogP contribution is -2.21. The standard InChI is InChI=1S/C18H15BrN4O2/c19-12-1-2-14-13(9-12)16-17(25-14)18(24)23-15(22-16)10-21-8-5-11-3-6-20-7-4-11/h1-4,6-7,9,21H,5,8,10H2,(H,22,23,24). The van der Waals surface area contributed by atoms with E-state index in [1.807, 2.05) is 30.3 Å². The van der Waals surface area contributed by atoms with E-state index in [9.17, 15) is 4.79 Å². The molecule has 3 aromatic heterocycles. The molecule has 0 unspecified atom stereocenters. The number of nitrogens with one attached hydrogen (secondary N) is 2. The SMILES string of the molecule is O=c1[nH]c(CNCCc2ccncc2)nc2c1oc1ccc(Br)cc12. The Labute approximate surface area is 151 Å². The van der Waals surface area contributed by atoms with E-state index in [-0.39, 0.29) is 11.1 Å². The third-order valence-electron chi connectivity index (χ3n) is 3.97. The van der Waals surface area contributed by atoms with Gasteiger partial charge in [0, 0.05) is 22.3 Å². The van der Waals surface area contributed by atoms with Crippen LogP contribution >= 0.6 is 15.9 Å². The second-order valence-electron chi connectivity index (χ2n) is 5.72. The lowest BCUT2D eigenvalue weighted by molar-refractivity contribution is 0.644. The number of furan rings is 1. The molecule has 0 fully saturated rings. The minimum absolute atomic E-state index is 0.258. The highest BCUT2D eigenvalue weighted by Gasteiger charge is 2.13. The van der Waals surface area contributed by atoms with Crippen LogP contribution in [0.3, 0.4) is 0 Å². The van der Waals surface area contributed by atoms with Crippen molar-refractivity contribution < 1.29 is 4.42 Å². The molecule has 0 aliphatic carbocycles. The zero-order chi connectivity index (χ0) is 17.2. The number of hydrogen-bond acceptors (Lipinski definition) is 5. The average Bonchev–Trinajstić information content (AvgIpc) is 2.98. The highest BCUT2D eigenvalue weighted by atomic mass is 79.9. The van der Waals surface area contributed by atoms with Crippen LogP contribution in [0, 0.1) is 0 Å².